The van der Waals surface area contributed by atoms with Gasteiger partial charge in [-0.1, -0.05) is 24.3 Å². The van der Waals surface area contributed by atoms with Crippen LogP contribution >= 0.6 is 24.0 Å². The van der Waals surface area contributed by atoms with E-state index in [4.69, 9.17) is 9.73 Å². The summed E-state index contributed by atoms with van der Waals surface area (Å²) in [5.74, 6) is 2.98. The smallest absolute Gasteiger partial charge is 0.194 e. The highest BCUT2D eigenvalue weighted by Crippen LogP contribution is 2.25. The molecule has 7 nitrogen and oxygen atoms in total. The fourth-order valence-electron chi connectivity index (χ4n) is 3.88. The second kappa shape index (κ2) is 9.69. The Morgan fingerprint density at radius 2 is 2.14 bits per heavy atom. The standard InChI is InChI=1S/C20H28N6O.HI/c1-3-21-20(22-13-19-24-23-18-9-6-10-26(18)19)25-11-12-27-17(14-25)16-8-5-4-7-15(16)2;/h4-5,7-8,17H,3,6,9-14H2,1-2H3,(H,21,22);1H. The molecule has 2 aliphatic heterocycles. The van der Waals surface area contributed by atoms with Gasteiger partial charge in [-0.15, -0.1) is 34.2 Å². The van der Waals surface area contributed by atoms with Crippen LogP contribution in [-0.2, 0) is 24.2 Å². The monoisotopic (exact) mass is 496 g/mol. The van der Waals surface area contributed by atoms with Crippen LogP contribution in [0.5, 0.6) is 0 Å². The molecule has 4 rings (SSSR count). The zero-order chi connectivity index (χ0) is 18.6. The van der Waals surface area contributed by atoms with E-state index >= 15 is 0 Å². The van der Waals surface area contributed by atoms with Crippen molar-refractivity contribution in [2.75, 3.05) is 26.2 Å². The number of ether oxygens (including phenoxy) is 1. The van der Waals surface area contributed by atoms with Crippen LogP contribution in [0.2, 0.25) is 0 Å². The highest BCUT2D eigenvalue weighted by atomic mass is 127. The van der Waals surface area contributed by atoms with Gasteiger partial charge in [0.05, 0.1) is 13.2 Å². The highest BCUT2D eigenvalue weighted by molar-refractivity contribution is 14.0. The van der Waals surface area contributed by atoms with Crippen LogP contribution in [0.25, 0.3) is 0 Å². The van der Waals surface area contributed by atoms with Crippen LogP contribution in [0.4, 0.5) is 0 Å². The van der Waals surface area contributed by atoms with Gasteiger partial charge in [-0.05, 0) is 31.4 Å². The van der Waals surface area contributed by atoms with Gasteiger partial charge in [0.15, 0.2) is 11.8 Å². The summed E-state index contributed by atoms with van der Waals surface area (Å²) in [5.41, 5.74) is 2.53. The number of hydrogen-bond donors (Lipinski definition) is 1. The summed E-state index contributed by atoms with van der Waals surface area (Å²) in [5, 5.41) is 12.0. The van der Waals surface area contributed by atoms with E-state index in [1.165, 1.54) is 11.1 Å². The third-order valence-electron chi connectivity index (χ3n) is 5.29. The van der Waals surface area contributed by atoms with Crippen molar-refractivity contribution in [1.82, 2.24) is 25.0 Å². The van der Waals surface area contributed by atoms with E-state index in [0.717, 1.165) is 56.6 Å². The molecule has 28 heavy (non-hydrogen) atoms. The van der Waals surface area contributed by atoms with Crippen LogP contribution in [-0.4, -0.2) is 51.9 Å². The Hall–Kier alpha value is -1.68. The third-order valence-corrected chi connectivity index (χ3v) is 5.29. The number of nitrogens with one attached hydrogen (secondary N) is 1. The van der Waals surface area contributed by atoms with E-state index in [9.17, 15) is 0 Å². The lowest BCUT2D eigenvalue weighted by atomic mass is 10.0. The summed E-state index contributed by atoms with van der Waals surface area (Å²) in [7, 11) is 0. The van der Waals surface area contributed by atoms with E-state index < -0.39 is 0 Å². The molecule has 1 aromatic carbocycles. The van der Waals surface area contributed by atoms with Crippen LogP contribution in [0.3, 0.4) is 0 Å². The molecule has 1 saturated heterocycles. The molecule has 0 saturated carbocycles. The molecule has 1 N–H and O–H groups in total. The molecule has 0 radical (unpaired) electrons. The first kappa shape index (κ1) is 21.0. The van der Waals surface area contributed by atoms with E-state index in [1.54, 1.807) is 0 Å². The van der Waals surface area contributed by atoms with Crippen molar-refractivity contribution < 1.29 is 4.74 Å². The van der Waals surface area contributed by atoms with E-state index in [0.29, 0.717) is 13.2 Å². The van der Waals surface area contributed by atoms with Crippen LogP contribution in [0.1, 0.15) is 42.2 Å². The molecule has 0 spiro atoms. The summed E-state index contributed by atoms with van der Waals surface area (Å²) in [6, 6.07) is 8.45. The lowest BCUT2D eigenvalue weighted by molar-refractivity contribution is -0.00834. The number of guanidine groups is 1. The fraction of sp³-hybridized carbons (Fsp3) is 0.550. The van der Waals surface area contributed by atoms with Gasteiger partial charge in [0.25, 0.3) is 0 Å². The third kappa shape index (κ3) is 4.48. The number of aromatic nitrogens is 3. The first-order chi connectivity index (χ1) is 13.3. The van der Waals surface area contributed by atoms with Crippen molar-refractivity contribution in [2.24, 2.45) is 4.99 Å². The first-order valence-electron chi connectivity index (χ1n) is 9.87. The summed E-state index contributed by atoms with van der Waals surface area (Å²) < 4.78 is 8.27. The number of rotatable bonds is 4. The van der Waals surface area contributed by atoms with Crippen LogP contribution in [0, 0.1) is 6.92 Å². The number of benzene rings is 1. The lowest BCUT2D eigenvalue weighted by Crippen LogP contribution is -2.48. The van der Waals surface area contributed by atoms with E-state index in [2.05, 4.69) is 63.1 Å². The number of aliphatic imine (C=N–C) groups is 1. The van der Waals surface area contributed by atoms with Crippen LogP contribution < -0.4 is 5.32 Å². The first-order valence-corrected chi connectivity index (χ1v) is 9.87. The van der Waals surface area contributed by atoms with Gasteiger partial charge < -0.3 is 19.5 Å². The maximum absolute atomic E-state index is 6.06. The minimum absolute atomic E-state index is 0. The average molecular weight is 496 g/mol. The Morgan fingerprint density at radius 3 is 2.96 bits per heavy atom. The number of halogens is 1. The summed E-state index contributed by atoms with van der Waals surface area (Å²) >= 11 is 0. The highest BCUT2D eigenvalue weighted by Gasteiger charge is 2.25. The zero-order valence-electron chi connectivity index (χ0n) is 16.6. The lowest BCUT2D eigenvalue weighted by Gasteiger charge is -2.35. The van der Waals surface area contributed by atoms with Gasteiger partial charge in [-0.3, -0.25) is 0 Å². The van der Waals surface area contributed by atoms with Crippen LogP contribution in [0.15, 0.2) is 29.3 Å². The van der Waals surface area contributed by atoms with Gasteiger partial charge in [-0.25, -0.2) is 4.99 Å². The van der Waals surface area contributed by atoms with Gasteiger partial charge >= 0.3 is 0 Å². The number of aryl methyl sites for hydroxylation is 2. The van der Waals surface area contributed by atoms with Gasteiger partial charge in [0.2, 0.25) is 0 Å². The molecule has 1 atom stereocenters. The Bertz CT molecular complexity index is 821. The molecule has 0 aliphatic carbocycles. The van der Waals surface area contributed by atoms with Gasteiger partial charge in [0.1, 0.15) is 18.5 Å². The molecule has 0 amide bonds. The molecule has 1 fully saturated rings. The van der Waals surface area contributed by atoms with Crippen molar-refractivity contribution in [3.63, 3.8) is 0 Å². The molecule has 1 unspecified atom stereocenters. The minimum Gasteiger partial charge on any atom is -0.370 e. The fourth-order valence-corrected chi connectivity index (χ4v) is 3.88. The van der Waals surface area contributed by atoms with E-state index in [-0.39, 0.29) is 30.1 Å². The number of morpholine rings is 1. The molecular formula is C20H29IN6O. The Morgan fingerprint density at radius 1 is 1.29 bits per heavy atom. The van der Waals surface area contributed by atoms with Crippen molar-refractivity contribution in [1.29, 1.82) is 0 Å². The van der Waals surface area contributed by atoms with Crippen molar-refractivity contribution in [2.45, 2.75) is 45.9 Å². The predicted molar refractivity (Wildman–Crippen MR) is 120 cm³/mol. The number of fused-ring (bicyclic) bond motifs is 1. The normalized spacial score (nSPS) is 19.3. The second-order valence-corrected chi connectivity index (χ2v) is 7.12. The molecule has 3 heterocycles. The van der Waals surface area contributed by atoms with E-state index in [1.807, 2.05) is 0 Å². The largest absolute Gasteiger partial charge is 0.370 e. The number of hydrogen-bond acceptors (Lipinski definition) is 4. The topological polar surface area (TPSA) is 67.6 Å². The quantitative estimate of drug-likeness (QED) is 0.401. The zero-order valence-corrected chi connectivity index (χ0v) is 18.9. The molecule has 8 heteroatoms. The van der Waals surface area contributed by atoms with Crippen molar-refractivity contribution in [3.8, 4) is 0 Å². The summed E-state index contributed by atoms with van der Waals surface area (Å²) in [6.07, 6.45) is 2.25. The van der Waals surface area contributed by atoms with Gasteiger partial charge in [0, 0.05) is 26.1 Å². The SMILES string of the molecule is CCNC(=NCc1nnc2n1CCC2)N1CCOC(c2ccccc2C)C1.I. The second-order valence-electron chi connectivity index (χ2n) is 7.12. The van der Waals surface area contributed by atoms with Crippen molar-refractivity contribution >= 4 is 29.9 Å². The molecular weight excluding hydrogens is 467 g/mol. The Balaban J connectivity index is 0.00000225. The average Bonchev–Trinajstić information content (AvgIpc) is 3.30. The minimum atomic E-state index is 0. The maximum Gasteiger partial charge on any atom is 0.194 e. The Labute approximate surface area is 183 Å². The molecule has 2 aromatic rings. The predicted octanol–water partition coefficient (Wildman–Crippen LogP) is 2.69. The molecule has 152 valence electrons. The maximum atomic E-state index is 6.06. The Kier molecular flexibility index (Phi) is 7.28. The number of nitrogens with zero attached hydrogens (tertiary/aromatic N) is 5. The van der Waals surface area contributed by atoms with Gasteiger partial charge in [-0.2, -0.15) is 0 Å². The summed E-state index contributed by atoms with van der Waals surface area (Å²) in [6.45, 7) is 8.98. The molecule has 0 bridgehead atoms. The molecule has 1 aromatic heterocycles. The molecule has 2 aliphatic rings. The summed E-state index contributed by atoms with van der Waals surface area (Å²) in [4.78, 5) is 7.16. The van der Waals surface area contributed by atoms with Crippen molar-refractivity contribution in [3.05, 3.63) is 47.0 Å².